The van der Waals surface area contributed by atoms with E-state index < -0.39 is 0 Å². The molecule has 7 heteroatoms. The zero-order chi connectivity index (χ0) is 19.9. The average molecular weight is 399 g/mol. The second kappa shape index (κ2) is 9.52. The van der Waals surface area contributed by atoms with E-state index in [2.05, 4.69) is 17.2 Å². The van der Waals surface area contributed by atoms with Crippen LogP contribution in [0.2, 0.25) is 0 Å². The van der Waals surface area contributed by atoms with Crippen molar-refractivity contribution in [3.63, 3.8) is 0 Å². The summed E-state index contributed by atoms with van der Waals surface area (Å²) in [5, 5.41) is 13.1. The summed E-state index contributed by atoms with van der Waals surface area (Å²) in [6.07, 6.45) is 2.54. The molecule has 0 unspecified atom stereocenters. The summed E-state index contributed by atoms with van der Waals surface area (Å²) in [6, 6.07) is 13.9. The van der Waals surface area contributed by atoms with Crippen LogP contribution in [0, 0.1) is 5.82 Å². The van der Waals surface area contributed by atoms with E-state index in [0.29, 0.717) is 17.4 Å². The molecule has 3 aromatic rings. The van der Waals surface area contributed by atoms with Gasteiger partial charge >= 0.3 is 0 Å². The summed E-state index contributed by atoms with van der Waals surface area (Å²) in [5.41, 5.74) is 3.50. The highest BCUT2D eigenvalue weighted by molar-refractivity contribution is 7.99. The molecule has 5 nitrogen and oxygen atoms in total. The van der Waals surface area contributed by atoms with Crippen molar-refractivity contribution in [2.45, 2.75) is 31.7 Å². The van der Waals surface area contributed by atoms with Gasteiger partial charge in [-0.3, -0.25) is 4.79 Å². The number of amides is 1. The number of imidazole rings is 1. The number of halogens is 1. The predicted molar refractivity (Wildman–Crippen MR) is 109 cm³/mol. The number of anilines is 1. The van der Waals surface area contributed by atoms with Crippen molar-refractivity contribution in [1.29, 1.82) is 0 Å². The molecule has 2 N–H and O–H groups in total. The van der Waals surface area contributed by atoms with Gasteiger partial charge in [-0.1, -0.05) is 43.0 Å². The number of aromatic nitrogens is 2. The minimum Gasteiger partial charge on any atom is -0.390 e. The Morgan fingerprint density at radius 1 is 1.14 bits per heavy atom. The normalized spacial score (nSPS) is 10.8. The Morgan fingerprint density at radius 2 is 1.82 bits per heavy atom. The van der Waals surface area contributed by atoms with Crippen LogP contribution in [0.15, 0.2) is 59.9 Å². The first kappa shape index (κ1) is 20.1. The van der Waals surface area contributed by atoms with E-state index in [0.717, 1.165) is 17.7 Å². The number of nitrogens with zero attached hydrogens (tertiary/aromatic N) is 2. The van der Waals surface area contributed by atoms with Gasteiger partial charge in [0.25, 0.3) is 0 Å². The van der Waals surface area contributed by atoms with Gasteiger partial charge in [-0.05, 0) is 41.8 Å². The lowest BCUT2D eigenvalue weighted by Crippen LogP contribution is -2.15. The molecular weight excluding hydrogens is 377 g/mol. The van der Waals surface area contributed by atoms with Crippen molar-refractivity contribution in [2.75, 3.05) is 11.1 Å². The molecule has 0 spiro atoms. The Labute approximate surface area is 167 Å². The van der Waals surface area contributed by atoms with E-state index in [4.69, 9.17) is 0 Å². The SMILES string of the molecule is CCc1ccc(NC(=O)CSc2ncc(CO)n2Cc2ccc(F)cc2)cc1. The molecule has 3 rings (SSSR count). The standard InChI is InChI=1S/C21H22FN3O2S/c1-2-15-5-9-18(10-6-15)24-20(27)14-28-21-23-11-19(13-26)25(21)12-16-3-7-17(22)8-4-16/h3-11,26H,2,12-14H2,1H3,(H,24,27). The largest absolute Gasteiger partial charge is 0.390 e. The zero-order valence-corrected chi connectivity index (χ0v) is 16.4. The van der Waals surface area contributed by atoms with E-state index in [1.807, 2.05) is 28.8 Å². The Morgan fingerprint density at radius 3 is 2.46 bits per heavy atom. The van der Waals surface area contributed by atoms with Gasteiger partial charge in [0.1, 0.15) is 5.82 Å². The van der Waals surface area contributed by atoms with Crippen LogP contribution in [0.25, 0.3) is 0 Å². The maximum Gasteiger partial charge on any atom is 0.234 e. The van der Waals surface area contributed by atoms with Crippen LogP contribution >= 0.6 is 11.8 Å². The Kier molecular flexibility index (Phi) is 6.84. The predicted octanol–water partition coefficient (Wildman–Crippen LogP) is 3.86. The molecule has 1 aromatic heterocycles. The molecule has 0 fully saturated rings. The van der Waals surface area contributed by atoms with Gasteiger partial charge in [-0.2, -0.15) is 0 Å². The van der Waals surface area contributed by atoms with Crippen LogP contribution < -0.4 is 5.32 Å². The van der Waals surface area contributed by atoms with E-state index in [1.54, 1.807) is 18.3 Å². The second-order valence-electron chi connectivity index (χ2n) is 6.29. The average Bonchev–Trinajstić information content (AvgIpc) is 3.10. The third kappa shape index (κ3) is 5.21. The van der Waals surface area contributed by atoms with Gasteiger partial charge in [-0.25, -0.2) is 9.37 Å². The van der Waals surface area contributed by atoms with Gasteiger partial charge < -0.3 is 15.0 Å². The van der Waals surface area contributed by atoms with Crippen molar-refractivity contribution in [3.05, 3.63) is 77.4 Å². The molecular formula is C21H22FN3O2S. The minimum absolute atomic E-state index is 0.129. The Balaban J connectivity index is 1.64. The van der Waals surface area contributed by atoms with Crippen LogP contribution in [0.3, 0.4) is 0 Å². The molecule has 0 saturated heterocycles. The van der Waals surface area contributed by atoms with Crippen molar-refractivity contribution in [2.24, 2.45) is 0 Å². The van der Waals surface area contributed by atoms with Crippen molar-refractivity contribution in [3.8, 4) is 0 Å². The van der Waals surface area contributed by atoms with Crippen molar-refractivity contribution < 1.29 is 14.3 Å². The molecule has 1 amide bonds. The van der Waals surface area contributed by atoms with Crippen molar-refractivity contribution >= 4 is 23.4 Å². The summed E-state index contributed by atoms with van der Waals surface area (Å²) in [6.45, 7) is 2.36. The quantitative estimate of drug-likeness (QED) is 0.565. The van der Waals surface area contributed by atoms with Crippen molar-refractivity contribution in [1.82, 2.24) is 9.55 Å². The van der Waals surface area contributed by atoms with E-state index in [1.165, 1.54) is 29.5 Å². The highest BCUT2D eigenvalue weighted by Gasteiger charge is 2.13. The highest BCUT2D eigenvalue weighted by atomic mass is 32.2. The monoisotopic (exact) mass is 399 g/mol. The fraction of sp³-hybridized carbons (Fsp3) is 0.238. The maximum atomic E-state index is 13.1. The number of hydrogen-bond acceptors (Lipinski definition) is 4. The molecule has 1 heterocycles. The van der Waals surface area contributed by atoms with E-state index in [9.17, 15) is 14.3 Å². The highest BCUT2D eigenvalue weighted by Crippen LogP contribution is 2.21. The summed E-state index contributed by atoms with van der Waals surface area (Å²) in [4.78, 5) is 16.6. The number of carbonyl (C=O) groups excluding carboxylic acids is 1. The number of carbonyl (C=O) groups is 1. The lowest BCUT2D eigenvalue weighted by Gasteiger charge is -2.11. The van der Waals surface area contributed by atoms with Crippen LogP contribution in [0.5, 0.6) is 0 Å². The first-order valence-corrected chi connectivity index (χ1v) is 9.99. The van der Waals surface area contributed by atoms with Crippen LogP contribution in [-0.2, 0) is 24.4 Å². The van der Waals surface area contributed by atoms with Crippen LogP contribution in [0.1, 0.15) is 23.7 Å². The van der Waals surface area contributed by atoms with Gasteiger partial charge in [0, 0.05) is 12.2 Å². The van der Waals surface area contributed by atoms with Gasteiger partial charge in [-0.15, -0.1) is 0 Å². The molecule has 0 saturated carbocycles. The van der Waals surface area contributed by atoms with Gasteiger partial charge in [0.15, 0.2) is 5.16 Å². The first-order valence-electron chi connectivity index (χ1n) is 9.00. The van der Waals surface area contributed by atoms with Gasteiger partial charge in [0.2, 0.25) is 5.91 Å². The minimum atomic E-state index is -0.296. The number of nitrogens with one attached hydrogen (secondary N) is 1. The lowest BCUT2D eigenvalue weighted by atomic mass is 10.1. The molecule has 0 atom stereocenters. The van der Waals surface area contributed by atoms with Crippen LogP contribution in [0.4, 0.5) is 10.1 Å². The second-order valence-corrected chi connectivity index (χ2v) is 7.23. The lowest BCUT2D eigenvalue weighted by molar-refractivity contribution is -0.113. The van der Waals surface area contributed by atoms with E-state index >= 15 is 0 Å². The molecule has 0 bridgehead atoms. The molecule has 28 heavy (non-hydrogen) atoms. The smallest absolute Gasteiger partial charge is 0.234 e. The molecule has 0 radical (unpaired) electrons. The molecule has 0 aliphatic heterocycles. The Hall–Kier alpha value is -2.64. The molecule has 2 aromatic carbocycles. The van der Waals surface area contributed by atoms with Gasteiger partial charge in [0.05, 0.1) is 24.3 Å². The number of aliphatic hydroxyl groups is 1. The molecule has 0 aliphatic rings. The third-order valence-corrected chi connectivity index (χ3v) is 5.29. The molecule has 146 valence electrons. The Bertz CT molecular complexity index is 924. The number of benzene rings is 2. The summed E-state index contributed by atoms with van der Waals surface area (Å²) in [7, 11) is 0. The number of hydrogen-bond donors (Lipinski definition) is 2. The zero-order valence-electron chi connectivity index (χ0n) is 15.6. The fourth-order valence-corrected chi connectivity index (χ4v) is 3.52. The number of aliphatic hydroxyl groups excluding tert-OH is 1. The summed E-state index contributed by atoms with van der Waals surface area (Å²) < 4.78 is 14.9. The fourth-order valence-electron chi connectivity index (χ4n) is 2.73. The topological polar surface area (TPSA) is 67.2 Å². The third-order valence-electron chi connectivity index (χ3n) is 4.30. The number of rotatable bonds is 8. The maximum absolute atomic E-state index is 13.1. The molecule has 0 aliphatic carbocycles. The number of thioether (sulfide) groups is 1. The first-order chi connectivity index (χ1) is 13.6. The van der Waals surface area contributed by atoms with Crippen LogP contribution in [-0.4, -0.2) is 26.3 Å². The summed E-state index contributed by atoms with van der Waals surface area (Å²) in [5.74, 6) is -0.230. The van der Waals surface area contributed by atoms with E-state index in [-0.39, 0.29) is 24.1 Å². The number of aryl methyl sites for hydroxylation is 1. The summed E-state index contributed by atoms with van der Waals surface area (Å²) >= 11 is 1.30.